The van der Waals surface area contributed by atoms with Gasteiger partial charge in [0.1, 0.15) is 0 Å². The molecule has 0 amide bonds. The second-order valence-corrected chi connectivity index (χ2v) is 5.64. The zero-order chi connectivity index (χ0) is 11.6. The maximum Gasteiger partial charge on any atom is 0.0798 e. The first-order valence-electron chi connectivity index (χ1n) is 6.83. The van der Waals surface area contributed by atoms with Gasteiger partial charge in [-0.3, -0.25) is 4.90 Å². The minimum absolute atomic E-state index is 0.433. The lowest BCUT2D eigenvalue weighted by molar-refractivity contribution is -0.0317. The standard InChI is InChI=1S/C13H26N2O/c1-3-12-5-4-11(2)15(12)10-13(16)6-8-14-9-7-13/h11-12,14,16H,3-10H2,1-2H3. The van der Waals surface area contributed by atoms with E-state index in [9.17, 15) is 5.11 Å². The molecule has 2 fully saturated rings. The highest BCUT2D eigenvalue weighted by molar-refractivity contribution is 4.93. The molecule has 0 aromatic rings. The molecule has 2 rings (SSSR count). The molecule has 2 aliphatic rings. The molecule has 2 atom stereocenters. The van der Waals surface area contributed by atoms with E-state index >= 15 is 0 Å². The number of aliphatic hydroxyl groups is 1. The van der Waals surface area contributed by atoms with Crippen molar-refractivity contribution in [3.63, 3.8) is 0 Å². The molecule has 2 heterocycles. The van der Waals surface area contributed by atoms with Gasteiger partial charge in [-0.15, -0.1) is 0 Å². The first-order valence-corrected chi connectivity index (χ1v) is 6.83. The van der Waals surface area contributed by atoms with Crippen LogP contribution in [0.25, 0.3) is 0 Å². The van der Waals surface area contributed by atoms with E-state index in [4.69, 9.17) is 0 Å². The number of nitrogens with zero attached hydrogens (tertiary/aromatic N) is 1. The maximum atomic E-state index is 10.6. The fraction of sp³-hybridized carbons (Fsp3) is 1.00. The molecule has 94 valence electrons. The van der Waals surface area contributed by atoms with E-state index in [2.05, 4.69) is 24.1 Å². The highest BCUT2D eigenvalue weighted by Gasteiger charge is 2.37. The zero-order valence-electron chi connectivity index (χ0n) is 10.7. The molecule has 0 radical (unpaired) electrons. The maximum absolute atomic E-state index is 10.6. The first kappa shape index (κ1) is 12.3. The zero-order valence-corrected chi connectivity index (χ0v) is 10.7. The van der Waals surface area contributed by atoms with Gasteiger partial charge in [-0.2, -0.15) is 0 Å². The molecule has 2 N–H and O–H groups in total. The summed E-state index contributed by atoms with van der Waals surface area (Å²) in [6.07, 6.45) is 5.65. The van der Waals surface area contributed by atoms with Gasteiger partial charge in [0.25, 0.3) is 0 Å². The molecule has 0 bridgehead atoms. The number of nitrogens with one attached hydrogen (secondary N) is 1. The van der Waals surface area contributed by atoms with Crippen LogP contribution >= 0.6 is 0 Å². The van der Waals surface area contributed by atoms with Gasteiger partial charge in [0, 0.05) is 18.6 Å². The third-order valence-electron chi connectivity index (χ3n) is 4.44. The first-order chi connectivity index (χ1) is 7.64. The highest BCUT2D eigenvalue weighted by Crippen LogP contribution is 2.30. The van der Waals surface area contributed by atoms with Crippen LogP contribution in [0.2, 0.25) is 0 Å². The lowest BCUT2D eigenvalue weighted by Crippen LogP contribution is -2.52. The van der Waals surface area contributed by atoms with Crippen molar-refractivity contribution < 1.29 is 5.11 Å². The lowest BCUT2D eigenvalue weighted by Gasteiger charge is -2.39. The van der Waals surface area contributed by atoms with Gasteiger partial charge in [-0.1, -0.05) is 6.92 Å². The third-order valence-corrected chi connectivity index (χ3v) is 4.44. The average Bonchev–Trinajstić information content (AvgIpc) is 2.61. The highest BCUT2D eigenvalue weighted by atomic mass is 16.3. The summed E-state index contributed by atoms with van der Waals surface area (Å²) >= 11 is 0. The minimum Gasteiger partial charge on any atom is -0.388 e. The van der Waals surface area contributed by atoms with Gasteiger partial charge < -0.3 is 10.4 Å². The Bertz CT molecular complexity index is 226. The third kappa shape index (κ3) is 2.58. The Labute approximate surface area is 99.2 Å². The van der Waals surface area contributed by atoms with E-state index in [1.54, 1.807) is 0 Å². The second kappa shape index (κ2) is 5.03. The van der Waals surface area contributed by atoms with Crippen molar-refractivity contribution in [2.24, 2.45) is 0 Å². The summed E-state index contributed by atoms with van der Waals surface area (Å²) in [6.45, 7) is 7.39. The topological polar surface area (TPSA) is 35.5 Å². The Kier molecular flexibility index (Phi) is 3.88. The Morgan fingerprint density at radius 1 is 1.31 bits per heavy atom. The molecule has 0 saturated carbocycles. The van der Waals surface area contributed by atoms with E-state index in [-0.39, 0.29) is 0 Å². The molecular formula is C13H26N2O. The monoisotopic (exact) mass is 226 g/mol. The summed E-state index contributed by atoms with van der Waals surface area (Å²) in [5.74, 6) is 0. The van der Waals surface area contributed by atoms with Crippen LogP contribution in [0.4, 0.5) is 0 Å². The normalized spacial score (nSPS) is 35.4. The largest absolute Gasteiger partial charge is 0.388 e. The molecule has 2 aliphatic heterocycles. The van der Waals surface area contributed by atoms with E-state index in [1.807, 2.05) is 0 Å². The molecule has 0 aliphatic carbocycles. The molecule has 3 nitrogen and oxygen atoms in total. The van der Waals surface area contributed by atoms with Gasteiger partial charge in [0.15, 0.2) is 0 Å². The summed E-state index contributed by atoms with van der Waals surface area (Å²) < 4.78 is 0. The van der Waals surface area contributed by atoms with Crippen molar-refractivity contribution in [3.05, 3.63) is 0 Å². The number of piperidine rings is 1. The predicted molar refractivity (Wildman–Crippen MR) is 66.5 cm³/mol. The molecule has 0 spiro atoms. The number of likely N-dealkylation sites (tertiary alicyclic amines) is 1. The fourth-order valence-electron chi connectivity index (χ4n) is 3.24. The summed E-state index contributed by atoms with van der Waals surface area (Å²) in [5, 5.41) is 13.9. The molecule has 2 saturated heterocycles. The Morgan fingerprint density at radius 2 is 2.00 bits per heavy atom. The molecule has 2 unspecified atom stereocenters. The van der Waals surface area contributed by atoms with Crippen molar-refractivity contribution in [3.8, 4) is 0 Å². The molecular weight excluding hydrogens is 200 g/mol. The number of β-amino-alcohol motifs (C(OH)–C–C–N with tert-alkyl or cyclic N) is 1. The smallest absolute Gasteiger partial charge is 0.0798 e. The van der Waals surface area contributed by atoms with Gasteiger partial charge in [0.2, 0.25) is 0 Å². The van der Waals surface area contributed by atoms with Gasteiger partial charge in [-0.05, 0) is 52.1 Å². The molecule has 0 aromatic heterocycles. The van der Waals surface area contributed by atoms with Crippen molar-refractivity contribution in [1.82, 2.24) is 10.2 Å². The van der Waals surface area contributed by atoms with Crippen molar-refractivity contribution in [2.75, 3.05) is 19.6 Å². The Balaban J connectivity index is 1.96. The SMILES string of the molecule is CCC1CCC(C)N1CC1(O)CCNCC1. The van der Waals surface area contributed by atoms with E-state index in [0.29, 0.717) is 12.1 Å². The van der Waals surface area contributed by atoms with Crippen LogP contribution in [0.1, 0.15) is 46.0 Å². The van der Waals surface area contributed by atoms with Crippen molar-refractivity contribution >= 4 is 0 Å². The summed E-state index contributed by atoms with van der Waals surface area (Å²) in [7, 11) is 0. The quantitative estimate of drug-likeness (QED) is 0.763. The van der Waals surface area contributed by atoms with E-state index in [0.717, 1.165) is 32.5 Å². The second-order valence-electron chi connectivity index (χ2n) is 5.64. The number of rotatable bonds is 3. The average molecular weight is 226 g/mol. The predicted octanol–water partition coefficient (Wildman–Crippen LogP) is 1.36. The van der Waals surface area contributed by atoms with Crippen LogP contribution in [0, 0.1) is 0 Å². The lowest BCUT2D eigenvalue weighted by atomic mass is 9.91. The van der Waals surface area contributed by atoms with Crippen molar-refractivity contribution in [2.45, 2.75) is 63.6 Å². The van der Waals surface area contributed by atoms with E-state index < -0.39 is 5.60 Å². The fourth-order valence-corrected chi connectivity index (χ4v) is 3.24. The summed E-state index contributed by atoms with van der Waals surface area (Å²) in [5.41, 5.74) is -0.433. The van der Waals surface area contributed by atoms with Crippen LogP contribution in [-0.2, 0) is 0 Å². The van der Waals surface area contributed by atoms with Gasteiger partial charge in [0.05, 0.1) is 5.60 Å². The van der Waals surface area contributed by atoms with Crippen LogP contribution in [0.3, 0.4) is 0 Å². The Hall–Kier alpha value is -0.120. The number of hydrogen-bond donors (Lipinski definition) is 2. The summed E-state index contributed by atoms with van der Waals surface area (Å²) in [6, 6.07) is 1.36. The van der Waals surface area contributed by atoms with Crippen LogP contribution in [-0.4, -0.2) is 47.3 Å². The van der Waals surface area contributed by atoms with Crippen LogP contribution < -0.4 is 5.32 Å². The summed E-state index contributed by atoms with van der Waals surface area (Å²) in [4.78, 5) is 2.55. The van der Waals surface area contributed by atoms with Crippen LogP contribution in [0.5, 0.6) is 0 Å². The number of hydrogen-bond acceptors (Lipinski definition) is 3. The molecule has 0 aromatic carbocycles. The van der Waals surface area contributed by atoms with Crippen LogP contribution in [0.15, 0.2) is 0 Å². The molecule has 3 heteroatoms. The van der Waals surface area contributed by atoms with E-state index in [1.165, 1.54) is 19.3 Å². The van der Waals surface area contributed by atoms with Gasteiger partial charge >= 0.3 is 0 Å². The molecule has 16 heavy (non-hydrogen) atoms. The van der Waals surface area contributed by atoms with Gasteiger partial charge in [-0.25, -0.2) is 0 Å². The Morgan fingerprint density at radius 3 is 2.62 bits per heavy atom. The minimum atomic E-state index is -0.433. The van der Waals surface area contributed by atoms with Crippen molar-refractivity contribution in [1.29, 1.82) is 0 Å².